The first-order valence-corrected chi connectivity index (χ1v) is 8.19. The van der Waals surface area contributed by atoms with Crippen molar-refractivity contribution >= 4 is 6.08 Å². The van der Waals surface area contributed by atoms with Crippen LogP contribution in [-0.2, 0) is 9.47 Å². The molecular weight excluding hydrogens is 294 g/mol. The van der Waals surface area contributed by atoms with Gasteiger partial charge in [-0.25, -0.2) is 0 Å². The fourth-order valence-electron chi connectivity index (χ4n) is 3.06. The molecule has 0 N–H and O–H groups in total. The normalized spacial score (nSPS) is 25.7. The summed E-state index contributed by atoms with van der Waals surface area (Å²) >= 11 is 0. The number of hydrogen-bond acceptors (Lipinski definition) is 4. The molecular formula is C18H25NO4. The standard InChI is InChI=1S/C18H25NO4/c1-4-10-22-18-17(13(2)3)15(12-19(20)21)16(23-18)11-14-8-6-5-7-9-14/h5-9,11,13,15,17-18H,4,10,12H2,1-3H3/b16-11-/t15-,17-,18+/m1/s1. The van der Waals surface area contributed by atoms with Gasteiger partial charge in [0.05, 0.1) is 12.5 Å². The van der Waals surface area contributed by atoms with Crippen molar-refractivity contribution in [2.45, 2.75) is 33.5 Å². The zero-order valence-electron chi connectivity index (χ0n) is 14.0. The number of hydrogen-bond donors (Lipinski definition) is 0. The fraction of sp³-hybridized carbons (Fsp3) is 0.556. The van der Waals surface area contributed by atoms with Gasteiger partial charge in [-0.2, -0.15) is 0 Å². The second kappa shape index (κ2) is 8.11. The highest BCUT2D eigenvalue weighted by Gasteiger charge is 2.46. The molecule has 0 radical (unpaired) electrons. The van der Waals surface area contributed by atoms with Crippen LogP contribution in [0.1, 0.15) is 32.8 Å². The van der Waals surface area contributed by atoms with Gasteiger partial charge in [-0.05, 0) is 24.0 Å². The van der Waals surface area contributed by atoms with Crippen LogP contribution in [0.4, 0.5) is 0 Å². The van der Waals surface area contributed by atoms with Crippen molar-refractivity contribution in [3.63, 3.8) is 0 Å². The summed E-state index contributed by atoms with van der Waals surface area (Å²) in [7, 11) is 0. The molecule has 0 aromatic heterocycles. The molecule has 0 unspecified atom stereocenters. The van der Waals surface area contributed by atoms with E-state index in [9.17, 15) is 10.1 Å². The molecule has 1 fully saturated rings. The molecule has 1 aromatic rings. The molecule has 1 saturated heterocycles. The monoisotopic (exact) mass is 319 g/mol. The highest BCUT2D eigenvalue weighted by molar-refractivity contribution is 5.52. The van der Waals surface area contributed by atoms with Crippen molar-refractivity contribution in [1.82, 2.24) is 0 Å². The lowest BCUT2D eigenvalue weighted by molar-refractivity contribution is -0.488. The van der Waals surface area contributed by atoms with Crippen LogP contribution in [0.25, 0.3) is 6.08 Å². The molecule has 1 aromatic carbocycles. The van der Waals surface area contributed by atoms with Gasteiger partial charge >= 0.3 is 0 Å². The molecule has 0 bridgehead atoms. The number of nitrogens with zero attached hydrogens (tertiary/aromatic N) is 1. The van der Waals surface area contributed by atoms with Gasteiger partial charge in [0.15, 0.2) is 0 Å². The predicted octanol–water partition coefficient (Wildman–Crippen LogP) is 3.98. The van der Waals surface area contributed by atoms with E-state index >= 15 is 0 Å². The Bertz CT molecular complexity index is 541. The average Bonchev–Trinajstić information content (AvgIpc) is 2.83. The van der Waals surface area contributed by atoms with Gasteiger partial charge in [-0.1, -0.05) is 51.1 Å². The Morgan fingerprint density at radius 1 is 1.35 bits per heavy atom. The van der Waals surface area contributed by atoms with E-state index in [1.165, 1.54) is 0 Å². The Labute approximate surface area is 137 Å². The minimum atomic E-state index is -0.408. The molecule has 0 spiro atoms. The lowest BCUT2D eigenvalue weighted by atomic mass is 9.83. The molecule has 1 heterocycles. The van der Waals surface area contributed by atoms with Crippen LogP contribution in [0.15, 0.2) is 36.1 Å². The molecule has 0 aliphatic carbocycles. The quantitative estimate of drug-likeness (QED) is 0.563. The predicted molar refractivity (Wildman–Crippen MR) is 89.2 cm³/mol. The highest BCUT2D eigenvalue weighted by Crippen LogP contribution is 2.41. The Morgan fingerprint density at radius 3 is 2.61 bits per heavy atom. The van der Waals surface area contributed by atoms with E-state index in [1.807, 2.05) is 43.3 Å². The SMILES string of the molecule is CCCO[C@H]1O/C(=C\c2ccccc2)[C@@H](C[N+](=O)[O-])[C@H]1C(C)C. The number of ether oxygens (including phenoxy) is 2. The topological polar surface area (TPSA) is 61.6 Å². The van der Waals surface area contributed by atoms with Gasteiger partial charge in [0.2, 0.25) is 12.8 Å². The molecule has 0 amide bonds. The van der Waals surface area contributed by atoms with E-state index in [1.54, 1.807) is 0 Å². The summed E-state index contributed by atoms with van der Waals surface area (Å²) in [6.07, 6.45) is 2.39. The second-order valence-corrected chi connectivity index (χ2v) is 6.26. The first-order chi connectivity index (χ1) is 11.0. The summed E-state index contributed by atoms with van der Waals surface area (Å²) in [6, 6.07) is 9.74. The van der Waals surface area contributed by atoms with Gasteiger partial charge < -0.3 is 9.47 Å². The van der Waals surface area contributed by atoms with E-state index < -0.39 is 6.29 Å². The Hall–Kier alpha value is -1.88. The van der Waals surface area contributed by atoms with Crippen LogP contribution in [-0.4, -0.2) is 24.4 Å². The smallest absolute Gasteiger partial charge is 0.214 e. The molecule has 126 valence electrons. The van der Waals surface area contributed by atoms with E-state index in [0.717, 1.165) is 12.0 Å². The summed E-state index contributed by atoms with van der Waals surface area (Å²) < 4.78 is 11.8. The molecule has 23 heavy (non-hydrogen) atoms. The second-order valence-electron chi connectivity index (χ2n) is 6.26. The largest absolute Gasteiger partial charge is 0.468 e. The Morgan fingerprint density at radius 2 is 2.04 bits per heavy atom. The summed E-state index contributed by atoms with van der Waals surface area (Å²) in [5.74, 6) is 0.630. The van der Waals surface area contributed by atoms with Gasteiger partial charge in [-0.15, -0.1) is 0 Å². The third kappa shape index (κ3) is 4.55. The first-order valence-electron chi connectivity index (χ1n) is 8.19. The maximum atomic E-state index is 11.1. The lowest BCUT2D eigenvalue weighted by Gasteiger charge is -2.23. The number of nitro groups is 1. The van der Waals surface area contributed by atoms with Crippen LogP contribution in [0, 0.1) is 27.9 Å². The maximum absolute atomic E-state index is 11.1. The number of benzene rings is 1. The Balaban J connectivity index is 2.31. The summed E-state index contributed by atoms with van der Waals surface area (Å²) in [4.78, 5) is 10.9. The number of rotatable bonds is 7. The van der Waals surface area contributed by atoms with Gasteiger partial charge in [-0.3, -0.25) is 10.1 Å². The molecule has 1 aliphatic heterocycles. The highest BCUT2D eigenvalue weighted by atomic mass is 16.7. The Kier molecular flexibility index (Phi) is 6.16. The van der Waals surface area contributed by atoms with Crippen molar-refractivity contribution in [3.05, 3.63) is 51.8 Å². The zero-order valence-corrected chi connectivity index (χ0v) is 14.0. The summed E-state index contributed by atoms with van der Waals surface area (Å²) in [5.41, 5.74) is 0.981. The van der Waals surface area contributed by atoms with Crippen LogP contribution in [0.2, 0.25) is 0 Å². The third-order valence-corrected chi connectivity index (χ3v) is 4.11. The molecule has 5 nitrogen and oxygen atoms in total. The van der Waals surface area contributed by atoms with Crippen molar-refractivity contribution in [2.24, 2.45) is 17.8 Å². The van der Waals surface area contributed by atoms with E-state index in [-0.39, 0.29) is 29.2 Å². The molecule has 0 saturated carbocycles. The lowest BCUT2D eigenvalue weighted by Crippen LogP contribution is -2.31. The summed E-state index contributed by atoms with van der Waals surface area (Å²) in [6.45, 7) is 6.63. The van der Waals surface area contributed by atoms with Crippen LogP contribution in [0.5, 0.6) is 0 Å². The molecule has 2 rings (SSSR count). The van der Waals surface area contributed by atoms with Crippen molar-refractivity contribution in [3.8, 4) is 0 Å². The van der Waals surface area contributed by atoms with E-state index in [2.05, 4.69) is 13.8 Å². The van der Waals surface area contributed by atoms with Gasteiger partial charge in [0.1, 0.15) is 5.76 Å². The van der Waals surface area contributed by atoms with E-state index in [4.69, 9.17) is 9.47 Å². The molecule has 3 atom stereocenters. The maximum Gasteiger partial charge on any atom is 0.214 e. The van der Waals surface area contributed by atoms with Crippen molar-refractivity contribution in [1.29, 1.82) is 0 Å². The van der Waals surface area contributed by atoms with Gasteiger partial charge in [0.25, 0.3) is 0 Å². The van der Waals surface area contributed by atoms with Crippen LogP contribution in [0.3, 0.4) is 0 Å². The van der Waals surface area contributed by atoms with Crippen LogP contribution >= 0.6 is 0 Å². The summed E-state index contributed by atoms with van der Waals surface area (Å²) in [5, 5.41) is 11.1. The first kappa shape index (κ1) is 17.5. The van der Waals surface area contributed by atoms with Crippen LogP contribution < -0.4 is 0 Å². The third-order valence-electron chi connectivity index (χ3n) is 4.11. The fourth-order valence-corrected chi connectivity index (χ4v) is 3.06. The average molecular weight is 319 g/mol. The van der Waals surface area contributed by atoms with Crippen molar-refractivity contribution in [2.75, 3.05) is 13.2 Å². The van der Waals surface area contributed by atoms with Crippen molar-refractivity contribution < 1.29 is 14.4 Å². The molecule has 5 heteroatoms. The molecule has 1 aliphatic rings. The minimum Gasteiger partial charge on any atom is -0.468 e. The van der Waals surface area contributed by atoms with Gasteiger partial charge in [0, 0.05) is 10.8 Å². The zero-order chi connectivity index (χ0) is 16.8. The minimum absolute atomic E-state index is 0.0121. The van der Waals surface area contributed by atoms with E-state index in [0.29, 0.717) is 12.4 Å².